The van der Waals surface area contributed by atoms with E-state index in [-0.39, 0.29) is 6.61 Å². The molecule has 2 heterocycles. The van der Waals surface area contributed by atoms with E-state index in [1.165, 1.54) is 5.69 Å². The molecule has 2 aromatic rings. The van der Waals surface area contributed by atoms with Crippen LogP contribution in [0.5, 0.6) is 5.75 Å². The summed E-state index contributed by atoms with van der Waals surface area (Å²) in [5, 5.41) is 23.3. The number of aliphatic hydroxyl groups is 1. The number of likely N-dealkylation sites (tertiary alicyclic amines) is 1. The SMILES string of the molecule is Cn1nccc1C1CCN(C[C@H](O)COc2ccc(C#N)cc2)CC1. The highest BCUT2D eigenvalue weighted by atomic mass is 16.5. The lowest BCUT2D eigenvalue weighted by atomic mass is 9.93. The zero-order chi connectivity index (χ0) is 17.6. The maximum atomic E-state index is 10.2. The van der Waals surface area contributed by atoms with Crippen LogP contribution in [0.25, 0.3) is 0 Å². The number of ether oxygens (including phenoxy) is 1. The number of aryl methyl sites for hydroxylation is 1. The van der Waals surface area contributed by atoms with Gasteiger partial charge in [0, 0.05) is 31.4 Å². The van der Waals surface area contributed by atoms with Gasteiger partial charge in [-0.05, 0) is 56.3 Å². The fraction of sp³-hybridized carbons (Fsp3) is 0.474. The molecular weight excluding hydrogens is 316 g/mol. The van der Waals surface area contributed by atoms with Gasteiger partial charge in [-0.2, -0.15) is 10.4 Å². The summed E-state index contributed by atoms with van der Waals surface area (Å²) in [6.07, 6.45) is 3.50. The van der Waals surface area contributed by atoms with Gasteiger partial charge in [0.1, 0.15) is 18.5 Å². The van der Waals surface area contributed by atoms with Crippen molar-refractivity contribution in [3.63, 3.8) is 0 Å². The van der Waals surface area contributed by atoms with Gasteiger partial charge in [0.25, 0.3) is 0 Å². The van der Waals surface area contributed by atoms with Gasteiger partial charge in [-0.15, -0.1) is 0 Å². The quantitative estimate of drug-likeness (QED) is 0.869. The molecule has 6 heteroatoms. The van der Waals surface area contributed by atoms with E-state index >= 15 is 0 Å². The van der Waals surface area contributed by atoms with E-state index in [4.69, 9.17) is 10.00 Å². The fourth-order valence-corrected chi connectivity index (χ4v) is 3.36. The number of aliphatic hydroxyl groups excluding tert-OH is 1. The Kier molecular flexibility index (Phi) is 5.69. The van der Waals surface area contributed by atoms with Gasteiger partial charge in [-0.1, -0.05) is 0 Å². The van der Waals surface area contributed by atoms with Gasteiger partial charge >= 0.3 is 0 Å². The summed E-state index contributed by atoms with van der Waals surface area (Å²) in [6, 6.07) is 11.1. The molecule has 0 bridgehead atoms. The lowest BCUT2D eigenvalue weighted by molar-refractivity contribution is 0.0591. The van der Waals surface area contributed by atoms with Crippen LogP contribution in [-0.4, -0.2) is 52.1 Å². The van der Waals surface area contributed by atoms with Crippen molar-refractivity contribution in [1.82, 2.24) is 14.7 Å². The van der Waals surface area contributed by atoms with Crippen molar-refractivity contribution in [2.24, 2.45) is 7.05 Å². The third-order valence-electron chi connectivity index (χ3n) is 4.76. The number of piperidine rings is 1. The number of rotatable bonds is 6. The first kappa shape index (κ1) is 17.5. The lowest BCUT2D eigenvalue weighted by Gasteiger charge is -2.33. The smallest absolute Gasteiger partial charge is 0.119 e. The third kappa shape index (κ3) is 4.59. The number of aromatic nitrogens is 2. The van der Waals surface area contributed by atoms with Gasteiger partial charge < -0.3 is 14.7 Å². The van der Waals surface area contributed by atoms with E-state index in [1.54, 1.807) is 24.3 Å². The van der Waals surface area contributed by atoms with E-state index in [2.05, 4.69) is 22.1 Å². The maximum absolute atomic E-state index is 10.2. The Bertz CT molecular complexity index is 712. The van der Waals surface area contributed by atoms with Crippen LogP contribution in [0.2, 0.25) is 0 Å². The molecular formula is C19H24N4O2. The Balaban J connectivity index is 1.41. The molecule has 0 radical (unpaired) electrons. The Morgan fingerprint density at radius 1 is 1.28 bits per heavy atom. The predicted octanol–water partition coefficient (Wildman–Crippen LogP) is 1.91. The summed E-state index contributed by atoms with van der Waals surface area (Å²) in [7, 11) is 1.99. The number of β-amino-alcohol motifs (C(OH)–C–C–N with tert-alkyl or cyclic N) is 1. The average Bonchev–Trinajstić information content (AvgIpc) is 3.07. The number of hydrogen-bond donors (Lipinski definition) is 1. The van der Waals surface area contributed by atoms with Crippen molar-refractivity contribution < 1.29 is 9.84 Å². The van der Waals surface area contributed by atoms with E-state index in [0.717, 1.165) is 25.9 Å². The number of benzene rings is 1. The minimum Gasteiger partial charge on any atom is -0.491 e. The summed E-state index contributed by atoms with van der Waals surface area (Å²) in [6.45, 7) is 2.83. The minimum absolute atomic E-state index is 0.257. The van der Waals surface area contributed by atoms with Crippen LogP contribution in [0.15, 0.2) is 36.5 Å². The molecule has 1 aromatic carbocycles. The van der Waals surface area contributed by atoms with Crippen molar-refractivity contribution in [3.05, 3.63) is 47.8 Å². The minimum atomic E-state index is -0.524. The molecule has 25 heavy (non-hydrogen) atoms. The zero-order valence-electron chi connectivity index (χ0n) is 14.5. The molecule has 1 N–H and O–H groups in total. The summed E-state index contributed by atoms with van der Waals surface area (Å²) in [4.78, 5) is 2.29. The van der Waals surface area contributed by atoms with Crippen molar-refractivity contribution in [1.29, 1.82) is 5.26 Å². The van der Waals surface area contributed by atoms with Crippen LogP contribution in [0.4, 0.5) is 0 Å². The van der Waals surface area contributed by atoms with E-state index in [1.807, 2.05) is 17.9 Å². The standard InChI is InChI=1S/C19H24N4O2/c1-22-19(6-9-21-22)16-7-10-23(11-8-16)13-17(24)14-25-18-4-2-15(12-20)3-5-18/h2-6,9,16-17,24H,7-8,10-11,13-14H2,1H3/t17-/m0/s1. The topological polar surface area (TPSA) is 74.3 Å². The van der Waals surface area contributed by atoms with Crippen LogP contribution in [0.1, 0.15) is 30.0 Å². The first-order chi connectivity index (χ1) is 12.2. The van der Waals surface area contributed by atoms with Gasteiger partial charge in [0.2, 0.25) is 0 Å². The van der Waals surface area contributed by atoms with Crippen LogP contribution in [-0.2, 0) is 7.05 Å². The summed E-state index contributed by atoms with van der Waals surface area (Å²) in [5.74, 6) is 1.23. The highest BCUT2D eigenvalue weighted by Gasteiger charge is 2.23. The van der Waals surface area contributed by atoms with Gasteiger partial charge in [0.05, 0.1) is 11.6 Å². The summed E-state index contributed by atoms with van der Waals surface area (Å²) < 4.78 is 7.57. The Hall–Kier alpha value is -2.36. The Labute approximate surface area is 148 Å². The molecule has 1 saturated heterocycles. The fourth-order valence-electron chi connectivity index (χ4n) is 3.36. The van der Waals surface area contributed by atoms with Gasteiger partial charge in [-0.3, -0.25) is 4.68 Å². The normalized spacial score (nSPS) is 17.2. The van der Waals surface area contributed by atoms with E-state index in [9.17, 15) is 5.11 Å². The molecule has 1 fully saturated rings. The second kappa shape index (κ2) is 8.15. The van der Waals surface area contributed by atoms with Crippen molar-refractivity contribution in [2.45, 2.75) is 24.9 Å². The van der Waals surface area contributed by atoms with Crippen LogP contribution < -0.4 is 4.74 Å². The number of hydrogen-bond acceptors (Lipinski definition) is 5. The first-order valence-corrected chi connectivity index (χ1v) is 8.67. The highest BCUT2D eigenvalue weighted by molar-refractivity contribution is 5.34. The second-order valence-corrected chi connectivity index (χ2v) is 6.56. The molecule has 0 saturated carbocycles. The molecule has 0 aliphatic carbocycles. The molecule has 1 atom stereocenters. The molecule has 132 valence electrons. The number of nitriles is 1. The van der Waals surface area contributed by atoms with Crippen molar-refractivity contribution in [2.75, 3.05) is 26.2 Å². The monoisotopic (exact) mass is 340 g/mol. The van der Waals surface area contributed by atoms with Crippen LogP contribution in [0, 0.1) is 11.3 Å². The number of nitrogens with zero attached hydrogens (tertiary/aromatic N) is 4. The Morgan fingerprint density at radius 2 is 2.00 bits per heavy atom. The van der Waals surface area contributed by atoms with E-state index < -0.39 is 6.10 Å². The predicted molar refractivity (Wildman–Crippen MR) is 94.3 cm³/mol. The van der Waals surface area contributed by atoms with Crippen LogP contribution >= 0.6 is 0 Å². The molecule has 0 spiro atoms. The average molecular weight is 340 g/mol. The molecule has 6 nitrogen and oxygen atoms in total. The summed E-state index contributed by atoms with van der Waals surface area (Å²) in [5.41, 5.74) is 1.90. The zero-order valence-corrected chi connectivity index (χ0v) is 14.5. The molecule has 0 unspecified atom stereocenters. The molecule has 3 rings (SSSR count). The molecule has 1 aliphatic rings. The van der Waals surface area contributed by atoms with Gasteiger partial charge in [-0.25, -0.2) is 0 Å². The van der Waals surface area contributed by atoms with Crippen molar-refractivity contribution in [3.8, 4) is 11.8 Å². The molecule has 1 aliphatic heterocycles. The van der Waals surface area contributed by atoms with Gasteiger partial charge in [0.15, 0.2) is 0 Å². The first-order valence-electron chi connectivity index (χ1n) is 8.67. The van der Waals surface area contributed by atoms with Crippen molar-refractivity contribution >= 4 is 0 Å². The largest absolute Gasteiger partial charge is 0.491 e. The van der Waals surface area contributed by atoms with E-state index in [0.29, 0.717) is 23.8 Å². The third-order valence-corrected chi connectivity index (χ3v) is 4.76. The lowest BCUT2D eigenvalue weighted by Crippen LogP contribution is -2.40. The second-order valence-electron chi connectivity index (χ2n) is 6.56. The Morgan fingerprint density at radius 3 is 2.60 bits per heavy atom. The summed E-state index contributed by atoms with van der Waals surface area (Å²) >= 11 is 0. The molecule has 1 aromatic heterocycles. The van der Waals surface area contributed by atoms with Crippen LogP contribution in [0.3, 0.4) is 0 Å². The highest BCUT2D eigenvalue weighted by Crippen LogP contribution is 2.27. The maximum Gasteiger partial charge on any atom is 0.119 e. The molecule has 0 amide bonds.